The number of hydrogen-bond donors (Lipinski definition) is 1. The summed E-state index contributed by atoms with van der Waals surface area (Å²) in [6.45, 7) is 0. The minimum atomic E-state index is 0.300. The van der Waals surface area contributed by atoms with E-state index in [2.05, 4.69) is 20.2 Å². The van der Waals surface area contributed by atoms with Gasteiger partial charge in [-0.1, -0.05) is 12.1 Å². The van der Waals surface area contributed by atoms with Crippen LogP contribution in [0.4, 0.5) is 5.82 Å². The van der Waals surface area contributed by atoms with Crippen LogP contribution in [0.5, 0.6) is 0 Å². The van der Waals surface area contributed by atoms with E-state index in [9.17, 15) is 0 Å². The van der Waals surface area contributed by atoms with Crippen molar-refractivity contribution in [2.45, 2.75) is 24.8 Å². The number of rotatable bonds is 5. The van der Waals surface area contributed by atoms with Gasteiger partial charge in [0.15, 0.2) is 17.3 Å². The molecular weight excluding hydrogens is 426 g/mol. The number of halogens is 1. The lowest BCUT2D eigenvalue weighted by molar-refractivity contribution is 0.554. The van der Waals surface area contributed by atoms with Crippen molar-refractivity contribution >= 4 is 28.6 Å². The highest BCUT2D eigenvalue weighted by Gasteiger charge is 2.26. The van der Waals surface area contributed by atoms with Gasteiger partial charge in [0.25, 0.3) is 0 Å². The lowest BCUT2D eigenvalue weighted by atomic mass is 10.2. The predicted molar refractivity (Wildman–Crippen MR) is 121 cm³/mol. The molecule has 0 unspecified atom stereocenters. The molecule has 0 atom stereocenters. The van der Waals surface area contributed by atoms with Gasteiger partial charge >= 0.3 is 0 Å². The molecule has 1 aromatic carbocycles. The van der Waals surface area contributed by atoms with E-state index in [0.717, 1.165) is 35.5 Å². The lowest BCUT2D eigenvalue weighted by Gasteiger charge is -2.10. The number of anilines is 1. The molecule has 0 aliphatic heterocycles. The van der Waals surface area contributed by atoms with E-state index in [1.165, 1.54) is 0 Å². The van der Waals surface area contributed by atoms with Gasteiger partial charge in [0.1, 0.15) is 16.9 Å². The van der Waals surface area contributed by atoms with Crippen LogP contribution in [-0.2, 0) is 5.88 Å². The Bertz CT molecular complexity index is 1430. The molecule has 158 valence electrons. The van der Waals surface area contributed by atoms with Gasteiger partial charge in [-0.2, -0.15) is 15.0 Å². The fraction of sp³-hybridized carbons (Fsp3) is 0.182. The molecule has 32 heavy (non-hydrogen) atoms. The standard InChI is InChI=1S/C22H18ClN9/c23-11-13-1-3-14(4-2-13)31-21-17(29-22(31)19-20(24)26-10-9-25-19)8-7-16(28-21)18-12-27-32(30-18)15-5-6-15/h1-4,7-10,12,15H,5-6,11H2,(H2,24,26). The predicted octanol–water partition coefficient (Wildman–Crippen LogP) is 3.79. The van der Waals surface area contributed by atoms with Crippen molar-refractivity contribution < 1.29 is 0 Å². The van der Waals surface area contributed by atoms with Crippen LogP contribution < -0.4 is 5.73 Å². The van der Waals surface area contributed by atoms with Crippen molar-refractivity contribution in [3.8, 4) is 28.6 Å². The smallest absolute Gasteiger partial charge is 0.169 e. The Morgan fingerprint density at radius 1 is 0.969 bits per heavy atom. The Balaban J connectivity index is 1.56. The number of benzene rings is 1. The summed E-state index contributed by atoms with van der Waals surface area (Å²) in [6.07, 6.45) is 7.15. The summed E-state index contributed by atoms with van der Waals surface area (Å²) in [4.78, 5) is 20.1. The molecule has 0 spiro atoms. The fourth-order valence-electron chi connectivity index (χ4n) is 3.63. The van der Waals surface area contributed by atoms with E-state index in [-0.39, 0.29) is 0 Å². The lowest BCUT2D eigenvalue weighted by Crippen LogP contribution is -2.04. The molecule has 5 aromatic rings. The van der Waals surface area contributed by atoms with Gasteiger partial charge < -0.3 is 5.73 Å². The monoisotopic (exact) mass is 443 g/mol. The second-order valence-corrected chi connectivity index (χ2v) is 7.95. The van der Waals surface area contributed by atoms with Gasteiger partial charge in [-0.05, 0) is 42.7 Å². The van der Waals surface area contributed by atoms with E-state index in [1.807, 2.05) is 41.0 Å². The first kappa shape index (κ1) is 18.9. The van der Waals surface area contributed by atoms with Gasteiger partial charge in [0.05, 0.1) is 17.9 Å². The van der Waals surface area contributed by atoms with Gasteiger partial charge in [0, 0.05) is 24.0 Å². The zero-order chi connectivity index (χ0) is 21.7. The largest absolute Gasteiger partial charge is 0.382 e. The summed E-state index contributed by atoms with van der Waals surface area (Å²) in [5.74, 6) is 1.30. The van der Waals surface area contributed by atoms with Crippen molar-refractivity contribution in [3.05, 3.63) is 60.6 Å². The Morgan fingerprint density at radius 3 is 2.53 bits per heavy atom. The second kappa shape index (κ2) is 7.38. The first-order valence-electron chi connectivity index (χ1n) is 10.2. The average molecular weight is 444 g/mol. The van der Waals surface area contributed by atoms with Crippen LogP contribution in [0.15, 0.2) is 55.0 Å². The molecule has 9 nitrogen and oxygen atoms in total. The first-order chi connectivity index (χ1) is 15.7. The minimum absolute atomic E-state index is 0.300. The van der Waals surface area contributed by atoms with Crippen LogP contribution in [0.3, 0.4) is 0 Å². The molecule has 1 aliphatic carbocycles. The third-order valence-electron chi connectivity index (χ3n) is 5.44. The molecule has 0 radical (unpaired) electrons. The molecule has 1 aliphatic rings. The second-order valence-electron chi connectivity index (χ2n) is 7.68. The maximum Gasteiger partial charge on any atom is 0.169 e. The summed E-state index contributed by atoms with van der Waals surface area (Å²) in [5.41, 5.74) is 11.4. The first-order valence-corrected chi connectivity index (χ1v) is 10.8. The summed E-state index contributed by atoms with van der Waals surface area (Å²) in [7, 11) is 0. The highest BCUT2D eigenvalue weighted by atomic mass is 35.5. The number of alkyl halides is 1. The summed E-state index contributed by atoms with van der Waals surface area (Å²) in [5, 5.41) is 9.00. The van der Waals surface area contributed by atoms with E-state index < -0.39 is 0 Å². The molecule has 6 rings (SSSR count). The number of hydrogen-bond acceptors (Lipinski definition) is 7. The molecule has 1 fully saturated rings. The van der Waals surface area contributed by atoms with Gasteiger partial charge in [-0.3, -0.25) is 4.57 Å². The molecule has 4 heterocycles. The number of pyridine rings is 1. The minimum Gasteiger partial charge on any atom is -0.382 e. The number of nitrogen functional groups attached to an aromatic ring is 1. The highest BCUT2D eigenvalue weighted by Crippen LogP contribution is 2.34. The number of imidazole rings is 1. The Kier molecular flexibility index (Phi) is 4.36. The number of fused-ring (bicyclic) bond motifs is 1. The normalized spacial score (nSPS) is 13.7. The average Bonchev–Trinajstić information content (AvgIpc) is 3.44. The molecule has 10 heteroatoms. The van der Waals surface area contributed by atoms with Crippen molar-refractivity contribution in [1.82, 2.24) is 39.5 Å². The fourth-order valence-corrected chi connectivity index (χ4v) is 3.81. The molecule has 0 amide bonds. The molecule has 0 bridgehead atoms. The van der Waals surface area contributed by atoms with Crippen LogP contribution in [0.25, 0.3) is 39.8 Å². The van der Waals surface area contributed by atoms with Crippen molar-refractivity contribution in [2.75, 3.05) is 5.73 Å². The molecule has 2 N–H and O–H groups in total. The highest BCUT2D eigenvalue weighted by molar-refractivity contribution is 6.17. The van der Waals surface area contributed by atoms with Crippen molar-refractivity contribution in [2.24, 2.45) is 0 Å². The van der Waals surface area contributed by atoms with E-state index in [0.29, 0.717) is 40.4 Å². The van der Waals surface area contributed by atoms with Crippen LogP contribution in [0.2, 0.25) is 0 Å². The Labute approximate surface area is 187 Å². The van der Waals surface area contributed by atoms with E-state index in [1.54, 1.807) is 23.4 Å². The third-order valence-corrected chi connectivity index (χ3v) is 5.74. The summed E-state index contributed by atoms with van der Waals surface area (Å²) >= 11 is 5.98. The van der Waals surface area contributed by atoms with Gasteiger partial charge in [-0.15, -0.1) is 11.6 Å². The van der Waals surface area contributed by atoms with Gasteiger partial charge in [-0.25, -0.2) is 19.9 Å². The molecule has 1 saturated carbocycles. The Hall–Kier alpha value is -3.85. The van der Waals surface area contributed by atoms with Crippen molar-refractivity contribution in [3.63, 3.8) is 0 Å². The zero-order valence-electron chi connectivity index (χ0n) is 16.9. The van der Waals surface area contributed by atoms with E-state index >= 15 is 0 Å². The molecular formula is C22H18ClN9. The van der Waals surface area contributed by atoms with Crippen LogP contribution in [0, 0.1) is 0 Å². The maximum atomic E-state index is 6.14. The van der Waals surface area contributed by atoms with Crippen molar-refractivity contribution in [1.29, 1.82) is 0 Å². The molecule has 4 aromatic heterocycles. The van der Waals surface area contributed by atoms with Gasteiger partial charge in [0.2, 0.25) is 0 Å². The summed E-state index contributed by atoms with van der Waals surface area (Å²) in [6, 6.07) is 12.1. The summed E-state index contributed by atoms with van der Waals surface area (Å²) < 4.78 is 1.93. The zero-order valence-corrected chi connectivity index (χ0v) is 17.7. The van der Waals surface area contributed by atoms with Crippen LogP contribution in [-0.4, -0.2) is 39.5 Å². The van der Waals surface area contributed by atoms with Crippen LogP contribution >= 0.6 is 11.6 Å². The van der Waals surface area contributed by atoms with Crippen LogP contribution in [0.1, 0.15) is 24.4 Å². The SMILES string of the molecule is Nc1nccnc1-c1nc2ccc(-c3cnn(C4CC4)n3)nc2n1-c1ccc(CCl)cc1. The van der Waals surface area contributed by atoms with E-state index in [4.69, 9.17) is 27.3 Å². The number of aromatic nitrogens is 8. The third kappa shape index (κ3) is 3.18. The topological polar surface area (TPSA) is 113 Å². The Morgan fingerprint density at radius 2 is 1.78 bits per heavy atom. The number of nitrogens with zero attached hydrogens (tertiary/aromatic N) is 8. The quantitative estimate of drug-likeness (QED) is 0.411. The molecule has 0 saturated heterocycles. The maximum absolute atomic E-state index is 6.14. The number of nitrogens with two attached hydrogens (primary N) is 1.